The summed E-state index contributed by atoms with van der Waals surface area (Å²) in [7, 11) is 0. The molecule has 0 unspecified atom stereocenters. The van der Waals surface area contributed by atoms with Gasteiger partial charge in [-0.1, -0.05) is 30.3 Å². The van der Waals surface area contributed by atoms with E-state index in [0.717, 1.165) is 22.6 Å². The molecule has 0 aliphatic heterocycles. The monoisotopic (exact) mass is 353 g/mol. The number of nitrogens with one attached hydrogen (secondary N) is 1. The molecule has 2 aromatic carbocycles. The molecule has 0 radical (unpaired) electrons. The van der Waals surface area contributed by atoms with E-state index >= 15 is 0 Å². The minimum atomic E-state index is -0.809. The summed E-state index contributed by atoms with van der Waals surface area (Å²) >= 11 is 0. The molecule has 5 nitrogen and oxygen atoms in total. The molecule has 2 atom stereocenters. The predicted molar refractivity (Wildman–Crippen MR) is 99.0 cm³/mol. The molecule has 136 valence electrons. The Kier molecular flexibility index (Phi) is 5.56. The lowest BCUT2D eigenvalue weighted by Crippen LogP contribution is -2.22. The van der Waals surface area contributed by atoms with Gasteiger partial charge >= 0.3 is 5.97 Å². The van der Waals surface area contributed by atoms with Crippen molar-refractivity contribution in [1.29, 1.82) is 0 Å². The van der Waals surface area contributed by atoms with Gasteiger partial charge in [0.1, 0.15) is 12.4 Å². The van der Waals surface area contributed by atoms with Crippen LogP contribution in [0.2, 0.25) is 0 Å². The number of amides is 1. The van der Waals surface area contributed by atoms with E-state index in [4.69, 9.17) is 9.84 Å². The van der Waals surface area contributed by atoms with Crippen LogP contribution in [0.25, 0.3) is 0 Å². The Balaban J connectivity index is 1.63. The van der Waals surface area contributed by atoms with Gasteiger partial charge in [0.25, 0.3) is 0 Å². The fraction of sp³-hybridized carbons (Fsp3) is 0.333. The van der Waals surface area contributed by atoms with Crippen molar-refractivity contribution < 1.29 is 19.4 Å². The summed E-state index contributed by atoms with van der Waals surface area (Å²) in [5.41, 5.74) is 2.72. The molecular formula is C21H23NO4. The third-order valence-electron chi connectivity index (χ3n) is 4.99. The largest absolute Gasteiger partial charge is 0.489 e. The van der Waals surface area contributed by atoms with E-state index in [1.807, 2.05) is 55.5 Å². The molecule has 1 saturated carbocycles. The zero-order valence-electron chi connectivity index (χ0n) is 14.8. The van der Waals surface area contributed by atoms with Crippen molar-refractivity contribution >= 4 is 17.6 Å². The first kappa shape index (κ1) is 18.0. The average molecular weight is 353 g/mol. The highest BCUT2D eigenvalue weighted by atomic mass is 16.5. The molecule has 3 rings (SSSR count). The van der Waals surface area contributed by atoms with Crippen LogP contribution in [0.4, 0.5) is 5.69 Å². The van der Waals surface area contributed by atoms with Crippen LogP contribution in [0, 0.1) is 18.8 Å². The van der Waals surface area contributed by atoms with Crippen molar-refractivity contribution in [3.63, 3.8) is 0 Å². The van der Waals surface area contributed by atoms with E-state index < -0.39 is 11.9 Å². The van der Waals surface area contributed by atoms with Gasteiger partial charge in [-0.25, -0.2) is 0 Å². The standard InChI is InChI=1S/C21H23NO4/c1-14-17(13-26-18-7-3-2-4-8-18)6-5-9-19(14)22-20(23)15-10-11-16(12-15)21(24)25/h2-9,15-16H,10-13H2,1H3,(H,22,23)(H,24,25)/t15-,16+/m1/s1. The Labute approximate surface area is 153 Å². The van der Waals surface area contributed by atoms with E-state index in [0.29, 0.717) is 25.9 Å². The third-order valence-corrected chi connectivity index (χ3v) is 4.99. The summed E-state index contributed by atoms with van der Waals surface area (Å²) < 4.78 is 5.80. The second-order valence-electron chi connectivity index (χ2n) is 6.73. The number of anilines is 1. The normalized spacial score (nSPS) is 19.1. The highest BCUT2D eigenvalue weighted by Gasteiger charge is 2.33. The lowest BCUT2D eigenvalue weighted by molar-refractivity contribution is -0.141. The van der Waals surface area contributed by atoms with Crippen LogP contribution in [-0.2, 0) is 16.2 Å². The topological polar surface area (TPSA) is 75.6 Å². The van der Waals surface area contributed by atoms with Crippen LogP contribution in [0.1, 0.15) is 30.4 Å². The van der Waals surface area contributed by atoms with Crippen LogP contribution in [0.15, 0.2) is 48.5 Å². The third kappa shape index (κ3) is 4.23. The first-order valence-electron chi connectivity index (χ1n) is 8.84. The van der Waals surface area contributed by atoms with Crippen LogP contribution >= 0.6 is 0 Å². The van der Waals surface area contributed by atoms with E-state index in [1.54, 1.807) is 0 Å². The second-order valence-corrected chi connectivity index (χ2v) is 6.73. The van der Waals surface area contributed by atoms with Gasteiger partial charge in [0, 0.05) is 11.6 Å². The number of hydrogen-bond acceptors (Lipinski definition) is 3. The summed E-state index contributed by atoms with van der Waals surface area (Å²) in [5.74, 6) is -0.751. The summed E-state index contributed by atoms with van der Waals surface area (Å²) in [5, 5.41) is 12.1. The van der Waals surface area contributed by atoms with Gasteiger partial charge in [-0.05, 0) is 55.5 Å². The van der Waals surface area contributed by atoms with Crippen molar-refractivity contribution in [3.8, 4) is 5.75 Å². The molecule has 5 heteroatoms. The number of rotatable bonds is 6. The zero-order chi connectivity index (χ0) is 18.5. The molecule has 1 amide bonds. The van der Waals surface area contributed by atoms with Crippen molar-refractivity contribution in [2.24, 2.45) is 11.8 Å². The molecule has 0 bridgehead atoms. The van der Waals surface area contributed by atoms with Gasteiger partial charge in [0.15, 0.2) is 0 Å². The van der Waals surface area contributed by atoms with E-state index in [2.05, 4.69) is 5.32 Å². The Morgan fingerprint density at radius 2 is 1.81 bits per heavy atom. The number of carboxylic acid groups (broad SMARTS) is 1. The number of benzene rings is 2. The molecule has 1 fully saturated rings. The van der Waals surface area contributed by atoms with E-state index in [-0.39, 0.29) is 11.8 Å². The summed E-state index contributed by atoms with van der Waals surface area (Å²) in [6.07, 6.45) is 1.60. The minimum Gasteiger partial charge on any atom is -0.489 e. The van der Waals surface area contributed by atoms with Crippen LogP contribution < -0.4 is 10.1 Å². The van der Waals surface area contributed by atoms with Crippen molar-refractivity contribution in [1.82, 2.24) is 0 Å². The molecular weight excluding hydrogens is 330 g/mol. The lowest BCUT2D eigenvalue weighted by Gasteiger charge is -2.15. The number of ether oxygens (including phenoxy) is 1. The Morgan fingerprint density at radius 1 is 1.08 bits per heavy atom. The molecule has 1 aliphatic rings. The first-order chi connectivity index (χ1) is 12.5. The summed E-state index contributed by atoms with van der Waals surface area (Å²) in [6.45, 7) is 2.37. The van der Waals surface area contributed by atoms with Crippen LogP contribution in [0.5, 0.6) is 5.75 Å². The lowest BCUT2D eigenvalue weighted by atomic mass is 10.0. The number of aliphatic carboxylic acids is 1. The van der Waals surface area contributed by atoms with Gasteiger partial charge in [0.05, 0.1) is 5.92 Å². The molecule has 26 heavy (non-hydrogen) atoms. The molecule has 0 heterocycles. The Morgan fingerprint density at radius 3 is 2.50 bits per heavy atom. The second kappa shape index (κ2) is 8.04. The van der Waals surface area contributed by atoms with Crippen molar-refractivity contribution in [3.05, 3.63) is 59.7 Å². The molecule has 0 saturated heterocycles. The predicted octanol–water partition coefficient (Wildman–Crippen LogP) is 4.01. The molecule has 2 N–H and O–H groups in total. The van der Waals surface area contributed by atoms with Crippen molar-refractivity contribution in [2.75, 3.05) is 5.32 Å². The summed E-state index contributed by atoms with van der Waals surface area (Å²) in [4.78, 5) is 23.6. The average Bonchev–Trinajstić information content (AvgIpc) is 3.14. The van der Waals surface area contributed by atoms with E-state index in [9.17, 15) is 9.59 Å². The number of hydrogen-bond donors (Lipinski definition) is 2. The fourth-order valence-electron chi connectivity index (χ4n) is 3.33. The maximum Gasteiger partial charge on any atom is 0.306 e. The van der Waals surface area contributed by atoms with Crippen LogP contribution in [0.3, 0.4) is 0 Å². The maximum atomic E-state index is 12.5. The Bertz CT molecular complexity index is 788. The maximum absolute atomic E-state index is 12.5. The van der Waals surface area contributed by atoms with Gasteiger partial charge in [-0.2, -0.15) is 0 Å². The number of carboxylic acids is 1. The quantitative estimate of drug-likeness (QED) is 0.823. The van der Waals surface area contributed by atoms with Gasteiger partial charge in [0.2, 0.25) is 5.91 Å². The fourth-order valence-corrected chi connectivity index (χ4v) is 3.33. The first-order valence-corrected chi connectivity index (χ1v) is 8.84. The van der Waals surface area contributed by atoms with E-state index in [1.165, 1.54) is 0 Å². The zero-order valence-corrected chi connectivity index (χ0v) is 14.8. The van der Waals surface area contributed by atoms with Crippen LogP contribution in [-0.4, -0.2) is 17.0 Å². The SMILES string of the molecule is Cc1c(COc2ccccc2)cccc1NC(=O)[C@@H]1CC[C@H](C(=O)O)C1. The highest BCUT2D eigenvalue weighted by Crippen LogP contribution is 2.32. The molecule has 1 aliphatic carbocycles. The number of carbonyl (C=O) groups is 2. The summed E-state index contributed by atoms with van der Waals surface area (Å²) in [6, 6.07) is 15.3. The van der Waals surface area contributed by atoms with Gasteiger partial charge in [-0.15, -0.1) is 0 Å². The highest BCUT2D eigenvalue weighted by molar-refractivity contribution is 5.94. The van der Waals surface area contributed by atoms with Crippen molar-refractivity contribution in [2.45, 2.75) is 32.8 Å². The minimum absolute atomic E-state index is 0.0991. The van der Waals surface area contributed by atoms with Gasteiger partial charge in [-0.3, -0.25) is 9.59 Å². The number of carbonyl (C=O) groups excluding carboxylic acids is 1. The molecule has 0 aromatic heterocycles. The molecule has 0 spiro atoms. The Hall–Kier alpha value is -2.82. The van der Waals surface area contributed by atoms with Gasteiger partial charge < -0.3 is 15.2 Å². The number of para-hydroxylation sites is 1. The molecule has 2 aromatic rings. The smallest absolute Gasteiger partial charge is 0.306 e.